The third-order valence-electron chi connectivity index (χ3n) is 3.32. The highest BCUT2D eigenvalue weighted by molar-refractivity contribution is 9.10. The van der Waals surface area contributed by atoms with E-state index in [2.05, 4.69) is 59.4 Å². The molecule has 0 saturated heterocycles. The topological polar surface area (TPSA) is 38.0 Å². The minimum Gasteiger partial charge on any atom is -0.329 e. The predicted octanol–water partition coefficient (Wildman–Crippen LogP) is 3.47. The van der Waals surface area contributed by atoms with E-state index in [-0.39, 0.29) is 6.04 Å². The summed E-state index contributed by atoms with van der Waals surface area (Å²) in [6, 6.07) is 8.65. The average molecular weight is 299 g/mol. The number of nitrogens with one attached hydrogen (secondary N) is 1. The molecule has 0 aliphatic heterocycles. The van der Waals surface area contributed by atoms with Gasteiger partial charge in [-0.25, -0.2) is 0 Å². The fraction of sp³-hybridized carbons (Fsp3) is 0.571. The van der Waals surface area contributed by atoms with E-state index in [1.165, 1.54) is 18.4 Å². The SMILES string of the molecule is CCC(CC)CNC(CN)c1ccc(Br)cc1. The van der Waals surface area contributed by atoms with Gasteiger partial charge in [-0.3, -0.25) is 0 Å². The maximum absolute atomic E-state index is 5.84. The second-order valence-electron chi connectivity index (χ2n) is 4.43. The molecule has 0 amide bonds. The van der Waals surface area contributed by atoms with E-state index in [0.29, 0.717) is 6.54 Å². The standard InChI is InChI=1S/C14H23BrN2/c1-3-11(4-2)10-17-14(9-16)12-5-7-13(15)8-6-12/h5-8,11,14,17H,3-4,9-10,16H2,1-2H3. The van der Waals surface area contributed by atoms with Crippen molar-refractivity contribution < 1.29 is 0 Å². The fourth-order valence-corrected chi connectivity index (χ4v) is 2.18. The second-order valence-corrected chi connectivity index (χ2v) is 5.35. The third kappa shape index (κ3) is 4.78. The number of benzene rings is 1. The number of halogens is 1. The highest BCUT2D eigenvalue weighted by atomic mass is 79.9. The molecule has 3 N–H and O–H groups in total. The van der Waals surface area contributed by atoms with Crippen molar-refractivity contribution in [3.05, 3.63) is 34.3 Å². The third-order valence-corrected chi connectivity index (χ3v) is 3.84. The zero-order valence-corrected chi connectivity index (χ0v) is 12.3. The second kappa shape index (κ2) is 7.85. The molecular formula is C14H23BrN2. The van der Waals surface area contributed by atoms with Crippen LogP contribution in [0.5, 0.6) is 0 Å². The first-order chi connectivity index (χ1) is 8.21. The molecule has 17 heavy (non-hydrogen) atoms. The first-order valence-electron chi connectivity index (χ1n) is 6.40. The lowest BCUT2D eigenvalue weighted by Gasteiger charge is -2.21. The van der Waals surface area contributed by atoms with Crippen molar-refractivity contribution in [3.63, 3.8) is 0 Å². The maximum Gasteiger partial charge on any atom is 0.0444 e. The van der Waals surface area contributed by atoms with Gasteiger partial charge in [0.15, 0.2) is 0 Å². The highest BCUT2D eigenvalue weighted by Crippen LogP contribution is 2.17. The van der Waals surface area contributed by atoms with Crippen LogP contribution in [0.2, 0.25) is 0 Å². The van der Waals surface area contributed by atoms with Crippen LogP contribution in [0.15, 0.2) is 28.7 Å². The van der Waals surface area contributed by atoms with Gasteiger partial charge in [-0.2, -0.15) is 0 Å². The van der Waals surface area contributed by atoms with Gasteiger partial charge in [0.25, 0.3) is 0 Å². The van der Waals surface area contributed by atoms with Gasteiger partial charge in [0.1, 0.15) is 0 Å². The monoisotopic (exact) mass is 298 g/mol. The van der Waals surface area contributed by atoms with Gasteiger partial charge in [0.05, 0.1) is 0 Å². The molecule has 0 aliphatic carbocycles. The fourth-order valence-electron chi connectivity index (χ4n) is 1.92. The first-order valence-corrected chi connectivity index (χ1v) is 7.19. The summed E-state index contributed by atoms with van der Waals surface area (Å²) < 4.78 is 1.11. The summed E-state index contributed by atoms with van der Waals surface area (Å²) in [7, 11) is 0. The summed E-state index contributed by atoms with van der Waals surface area (Å²) in [5.41, 5.74) is 7.10. The maximum atomic E-state index is 5.84. The van der Waals surface area contributed by atoms with E-state index < -0.39 is 0 Å². The summed E-state index contributed by atoms with van der Waals surface area (Å²) in [4.78, 5) is 0. The van der Waals surface area contributed by atoms with E-state index in [4.69, 9.17) is 5.73 Å². The van der Waals surface area contributed by atoms with Crippen molar-refractivity contribution in [3.8, 4) is 0 Å². The molecule has 0 fully saturated rings. The predicted molar refractivity (Wildman–Crippen MR) is 78.0 cm³/mol. The largest absolute Gasteiger partial charge is 0.329 e. The Morgan fingerprint density at radius 2 is 1.76 bits per heavy atom. The molecule has 0 aliphatic rings. The van der Waals surface area contributed by atoms with E-state index >= 15 is 0 Å². The van der Waals surface area contributed by atoms with E-state index in [1.54, 1.807) is 0 Å². The molecule has 1 aromatic carbocycles. The van der Waals surface area contributed by atoms with Gasteiger partial charge in [-0.15, -0.1) is 0 Å². The number of hydrogen-bond acceptors (Lipinski definition) is 2. The Labute approximate surface area is 113 Å². The van der Waals surface area contributed by atoms with Crippen LogP contribution in [0.1, 0.15) is 38.3 Å². The molecule has 0 saturated carbocycles. The number of rotatable bonds is 7. The quantitative estimate of drug-likeness (QED) is 0.809. The zero-order chi connectivity index (χ0) is 12.7. The van der Waals surface area contributed by atoms with E-state index in [1.807, 2.05) is 0 Å². The summed E-state index contributed by atoms with van der Waals surface area (Å²) in [6.45, 7) is 6.17. The highest BCUT2D eigenvalue weighted by Gasteiger charge is 2.11. The molecule has 3 heteroatoms. The van der Waals surface area contributed by atoms with Crippen molar-refractivity contribution >= 4 is 15.9 Å². The van der Waals surface area contributed by atoms with Gasteiger partial charge in [-0.1, -0.05) is 54.8 Å². The first kappa shape index (κ1) is 14.7. The molecule has 0 bridgehead atoms. The minimum atomic E-state index is 0.267. The molecule has 0 spiro atoms. The summed E-state index contributed by atoms with van der Waals surface area (Å²) in [6.07, 6.45) is 2.45. The van der Waals surface area contributed by atoms with E-state index in [0.717, 1.165) is 16.9 Å². The molecule has 0 radical (unpaired) electrons. The van der Waals surface area contributed by atoms with Crippen LogP contribution in [0, 0.1) is 5.92 Å². The van der Waals surface area contributed by atoms with Crippen LogP contribution in [0.3, 0.4) is 0 Å². The molecular weight excluding hydrogens is 276 g/mol. The van der Waals surface area contributed by atoms with Crippen molar-refractivity contribution in [2.75, 3.05) is 13.1 Å². The Kier molecular flexibility index (Phi) is 6.78. The Morgan fingerprint density at radius 3 is 2.24 bits per heavy atom. The molecule has 2 nitrogen and oxygen atoms in total. The number of hydrogen-bond donors (Lipinski definition) is 2. The smallest absolute Gasteiger partial charge is 0.0444 e. The Morgan fingerprint density at radius 1 is 1.18 bits per heavy atom. The van der Waals surface area contributed by atoms with Crippen LogP contribution in [0.4, 0.5) is 0 Å². The van der Waals surface area contributed by atoms with Crippen LogP contribution >= 0.6 is 15.9 Å². The molecule has 0 heterocycles. The van der Waals surface area contributed by atoms with Crippen LogP contribution in [0.25, 0.3) is 0 Å². The normalized spacial score (nSPS) is 13.0. The van der Waals surface area contributed by atoms with Gasteiger partial charge < -0.3 is 11.1 Å². The van der Waals surface area contributed by atoms with Crippen LogP contribution < -0.4 is 11.1 Å². The molecule has 0 aromatic heterocycles. The summed E-state index contributed by atoms with van der Waals surface area (Å²) in [5, 5.41) is 3.57. The Hall–Kier alpha value is -0.380. The van der Waals surface area contributed by atoms with Crippen molar-refractivity contribution in [1.29, 1.82) is 0 Å². The zero-order valence-electron chi connectivity index (χ0n) is 10.7. The van der Waals surface area contributed by atoms with Crippen LogP contribution in [-0.4, -0.2) is 13.1 Å². The molecule has 1 unspecified atom stereocenters. The van der Waals surface area contributed by atoms with Gasteiger partial charge >= 0.3 is 0 Å². The summed E-state index contributed by atoms with van der Waals surface area (Å²) in [5.74, 6) is 0.750. The van der Waals surface area contributed by atoms with Gasteiger partial charge in [0.2, 0.25) is 0 Å². The van der Waals surface area contributed by atoms with Crippen molar-refractivity contribution in [1.82, 2.24) is 5.32 Å². The average Bonchev–Trinajstić information content (AvgIpc) is 2.36. The van der Waals surface area contributed by atoms with Crippen molar-refractivity contribution in [2.45, 2.75) is 32.7 Å². The lowest BCUT2D eigenvalue weighted by Crippen LogP contribution is -2.32. The summed E-state index contributed by atoms with van der Waals surface area (Å²) >= 11 is 3.45. The lowest BCUT2D eigenvalue weighted by molar-refractivity contribution is 0.414. The molecule has 1 atom stereocenters. The minimum absolute atomic E-state index is 0.267. The lowest BCUT2D eigenvalue weighted by atomic mass is 10.0. The van der Waals surface area contributed by atoms with Gasteiger partial charge in [0, 0.05) is 17.1 Å². The number of nitrogens with two attached hydrogens (primary N) is 1. The molecule has 96 valence electrons. The van der Waals surface area contributed by atoms with Crippen molar-refractivity contribution in [2.24, 2.45) is 11.7 Å². The molecule has 1 rings (SSSR count). The molecule has 1 aromatic rings. The van der Waals surface area contributed by atoms with Gasteiger partial charge in [-0.05, 0) is 30.2 Å². The van der Waals surface area contributed by atoms with E-state index in [9.17, 15) is 0 Å². The Balaban J connectivity index is 2.56. The Bertz CT molecular complexity index is 307. The van der Waals surface area contributed by atoms with Crippen LogP contribution in [-0.2, 0) is 0 Å².